The predicted molar refractivity (Wildman–Crippen MR) is 259 cm³/mol. The molecule has 0 amide bonds. The molecule has 5 heteroatoms. The third-order valence-electron chi connectivity index (χ3n) is 14.1. The molecule has 2 aliphatic rings. The van der Waals surface area contributed by atoms with E-state index in [9.17, 15) is 0 Å². The number of aromatic nitrogens is 3. The van der Waals surface area contributed by atoms with Crippen molar-refractivity contribution in [1.82, 2.24) is 14.5 Å². The number of hydrogen-bond donors (Lipinski definition) is 0. The topological polar surface area (TPSA) is 53.1 Å². The highest BCUT2D eigenvalue weighted by Gasteiger charge is 2.51. The van der Waals surface area contributed by atoms with Crippen LogP contribution in [-0.4, -0.2) is 14.5 Å². The fourth-order valence-corrected chi connectivity index (χ4v) is 11.5. The van der Waals surface area contributed by atoms with E-state index in [0.29, 0.717) is 11.5 Å². The van der Waals surface area contributed by atoms with E-state index in [-0.39, 0.29) is 0 Å². The van der Waals surface area contributed by atoms with Gasteiger partial charge in [0.05, 0.1) is 21.8 Å². The SMILES string of the molecule is c1ccc2c(c1)Oc1c(ccc3c1c1ccccc1n3-c1nc(-c3ccc4c5ccccc5c5ccccc5c4c3)c3oc4ccccc4c3n1)C21c2ccccc2-c2ccccc21. The molecule has 0 saturated heterocycles. The Bertz CT molecular complexity index is 4110. The molecule has 13 aromatic rings. The number of para-hydroxylation sites is 3. The Balaban J connectivity index is 1.04. The molecule has 0 radical (unpaired) electrons. The number of nitrogens with zero attached hydrogens (tertiary/aromatic N) is 3. The van der Waals surface area contributed by atoms with E-state index < -0.39 is 5.41 Å². The van der Waals surface area contributed by atoms with Gasteiger partial charge >= 0.3 is 0 Å². The van der Waals surface area contributed by atoms with Crippen molar-refractivity contribution < 1.29 is 9.15 Å². The molecule has 3 aromatic heterocycles. The van der Waals surface area contributed by atoms with Gasteiger partial charge in [-0.1, -0.05) is 164 Å². The van der Waals surface area contributed by atoms with Crippen LogP contribution in [0.15, 0.2) is 205 Å². The first kappa shape index (κ1) is 34.1. The monoisotopic (exact) mass is 815 g/mol. The maximum Gasteiger partial charge on any atom is 0.236 e. The van der Waals surface area contributed by atoms with E-state index in [1.807, 2.05) is 18.2 Å². The second-order valence-corrected chi connectivity index (χ2v) is 17.1. The highest BCUT2D eigenvalue weighted by atomic mass is 16.5. The van der Waals surface area contributed by atoms with Gasteiger partial charge in [-0.15, -0.1) is 0 Å². The normalized spacial score (nSPS) is 13.6. The predicted octanol–water partition coefficient (Wildman–Crippen LogP) is 15.1. The smallest absolute Gasteiger partial charge is 0.236 e. The van der Waals surface area contributed by atoms with Gasteiger partial charge in [0.25, 0.3) is 0 Å². The van der Waals surface area contributed by atoms with Crippen molar-refractivity contribution >= 4 is 76.2 Å². The van der Waals surface area contributed by atoms with Crippen molar-refractivity contribution in [2.45, 2.75) is 5.41 Å². The molecule has 5 nitrogen and oxygen atoms in total. The molecule has 1 aliphatic carbocycles. The van der Waals surface area contributed by atoms with Gasteiger partial charge in [-0.2, -0.15) is 0 Å². The van der Waals surface area contributed by atoms with Gasteiger partial charge in [0.15, 0.2) is 5.58 Å². The molecule has 1 spiro atoms. The molecular formula is C59H33N3O2. The van der Waals surface area contributed by atoms with Crippen LogP contribution in [-0.2, 0) is 5.41 Å². The first-order valence-electron chi connectivity index (χ1n) is 21.8. The molecule has 10 aromatic carbocycles. The second-order valence-electron chi connectivity index (χ2n) is 17.1. The van der Waals surface area contributed by atoms with Gasteiger partial charge in [0.2, 0.25) is 5.95 Å². The highest BCUT2D eigenvalue weighted by molar-refractivity contribution is 6.26. The molecular weight excluding hydrogens is 783 g/mol. The van der Waals surface area contributed by atoms with E-state index in [4.69, 9.17) is 19.1 Å². The lowest BCUT2D eigenvalue weighted by Gasteiger charge is -2.39. The average Bonchev–Trinajstić information content (AvgIpc) is 4.01. The van der Waals surface area contributed by atoms with E-state index in [1.54, 1.807) is 0 Å². The Morgan fingerprint density at radius 2 is 1.00 bits per heavy atom. The molecule has 0 N–H and O–H groups in total. The summed E-state index contributed by atoms with van der Waals surface area (Å²) in [5, 5.41) is 10.3. The molecule has 0 atom stereocenters. The van der Waals surface area contributed by atoms with Crippen molar-refractivity contribution in [3.8, 4) is 39.8 Å². The molecule has 0 bridgehead atoms. The molecule has 64 heavy (non-hydrogen) atoms. The van der Waals surface area contributed by atoms with Crippen molar-refractivity contribution in [3.05, 3.63) is 222 Å². The number of rotatable bonds is 2. The summed E-state index contributed by atoms with van der Waals surface area (Å²) in [4.78, 5) is 11.0. The summed E-state index contributed by atoms with van der Waals surface area (Å²) in [6, 6.07) is 71.7. The Kier molecular flexibility index (Phi) is 6.56. The standard InChI is InChI=1S/C59H33N3O2/c1-2-17-37-35(15-1)36-16-3-4-18-38(36)44-33-34(29-30-39(37)44)54-57-55(43-22-8-13-27-51(43)63-57)61-58(60-54)62-49-26-12-7-21-42(49)53-50(62)32-31-48-56(53)64-52-28-14-11-25-47(52)59(48)45-23-9-5-19-40(45)41-20-6-10-24-46(41)59/h1-33H. The van der Waals surface area contributed by atoms with Gasteiger partial charge in [0.1, 0.15) is 28.3 Å². The minimum Gasteiger partial charge on any atom is -0.456 e. The third-order valence-corrected chi connectivity index (χ3v) is 14.1. The second kappa shape index (κ2) is 12.3. The molecule has 0 fully saturated rings. The van der Waals surface area contributed by atoms with Crippen LogP contribution >= 0.6 is 0 Å². The molecule has 0 saturated carbocycles. The lowest BCUT2D eigenvalue weighted by Crippen LogP contribution is -2.32. The molecule has 15 rings (SSSR count). The van der Waals surface area contributed by atoms with Crippen molar-refractivity contribution in [2.24, 2.45) is 0 Å². The summed E-state index contributed by atoms with van der Waals surface area (Å²) in [6.07, 6.45) is 0. The number of fused-ring (bicyclic) bond motifs is 22. The van der Waals surface area contributed by atoms with Gasteiger partial charge in [-0.05, 0) is 91.0 Å². The third kappa shape index (κ3) is 4.23. The van der Waals surface area contributed by atoms with Gasteiger partial charge in [-0.3, -0.25) is 4.57 Å². The van der Waals surface area contributed by atoms with Gasteiger partial charge < -0.3 is 9.15 Å². The molecule has 0 unspecified atom stereocenters. The van der Waals surface area contributed by atoms with Gasteiger partial charge in [-0.25, -0.2) is 9.97 Å². The summed E-state index contributed by atoms with van der Waals surface area (Å²) in [5.74, 6) is 2.26. The van der Waals surface area contributed by atoms with Crippen LogP contribution in [0.5, 0.6) is 11.5 Å². The first-order chi connectivity index (χ1) is 31.8. The molecule has 1 aliphatic heterocycles. The zero-order valence-electron chi connectivity index (χ0n) is 34.2. The largest absolute Gasteiger partial charge is 0.456 e. The zero-order valence-corrected chi connectivity index (χ0v) is 34.2. The van der Waals surface area contributed by atoms with Crippen LogP contribution in [0.4, 0.5) is 0 Å². The summed E-state index contributed by atoms with van der Waals surface area (Å²) in [7, 11) is 0. The summed E-state index contributed by atoms with van der Waals surface area (Å²) in [5.41, 5.74) is 12.5. The Hall–Kier alpha value is -8.54. The maximum atomic E-state index is 7.21. The van der Waals surface area contributed by atoms with Crippen LogP contribution in [0.1, 0.15) is 22.3 Å². The molecule has 4 heterocycles. The van der Waals surface area contributed by atoms with Crippen molar-refractivity contribution in [3.63, 3.8) is 0 Å². The average molecular weight is 816 g/mol. The van der Waals surface area contributed by atoms with Crippen LogP contribution in [0, 0.1) is 0 Å². The zero-order chi connectivity index (χ0) is 41.7. The number of hydrogen-bond acceptors (Lipinski definition) is 4. The summed E-state index contributed by atoms with van der Waals surface area (Å²) < 4.78 is 16.1. The minimum atomic E-state index is -0.585. The minimum absolute atomic E-state index is 0.561. The Morgan fingerprint density at radius 1 is 0.422 bits per heavy atom. The molecule has 296 valence electrons. The van der Waals surface area contributed by atoms with Crippen LogP contribution in [0.3, 0.4) is 0 Å². The first-order valence-corrected chi connectivity index (χ1v) is 21.8. The fourth-order valence-electron chi connectivity index (χ4n) is 11.5. The van der Waals surface area contributed by atoms with E-state index in [2.05, 4.69) is 187 Å². The Labute approximate surface area is 366 Å². The maximum absolute atomic E-state index is 7.21. The summed E-state index contributed by atoms with van der Waals surface area (Å²) in [6.45, 7) is 0. The van der Waals surface area contributed by atoms with Gasteiger partial charge in [0, 0.05) is 27.5 Å². The van der Waals surface area contributed by atoms with E-state index in [0.717, 1.165) is 72.2 Å². The Morgan fingerprint density at radius 3 is 1.73 bits per heavy atom. The van der Waals surface area contributed by atoms with Crippen LogP contribution in [0.2, 0.25) is 0 Å². The van der Waals surface area contributed by atoms with Crippen LogP contribution < -0.4 is 4.74 Å². The fraction of sp³-hybridized carbons (Fsp3) is 0.0169. The summed E-state index contributed by atoms with van der Waals surface area (Å²) >= 11 is 0. The highest BCUT2D eigenvalue weighted by Crippen LogP contribution is 2.63. The van der Waals surface area contributed by atoms with Crippen molar-refractivity contribution in [1.29, 1.82) is 0 Å². The van der Waals surface area contributed by atoms with Crippen molar-refractivity contribution in [2.75, 3.05) is 0 Å². The number of furan rings is 1. The lowest BCUT2D eigenvalue weighted by molar-refractivity contribution is 0.442. The van der Waals surface area contributed by atoms with E-state index >= 15 is 0 Å². The number of ether oxygens (including phenoxy) is 1. The number of benzene rings is 10. The van der Waals surface area contributed by atoms with Crippen LogP contribution in [0.25, 0.3) is 105 Å². The lowest BCUT2D eigenvalue weighted by atomic mass is 9.66. The quantitative estimate of drug-likeness (QED) is 0.163. The van der Waals surface area contributed by atoms with E-state index in [1.165, 1.54) is 54.6 Å².